The average molecular weight is 668 g/mol. The maximum Gasteiger partial charge on any atom is 0.308 e. The van der Waals surface area contributed by atoms with E-state index in [9.17, 15) is 19.2 Å². The van der Waals surface area contributed by atoms with Gasteiger partial charge in [-0.15, -0.1) is 11.8 Å². The summed E-state index contributed by atoms with van der Waals surface area (Å²) >= 11 is 2.77. The number of aryl methyl sites for hydroxylation is 1. The number of fused-ring (bicyclic) bond motifs is 9. The van der Waals surface area contributed by atoms with Gasteiger partial charge in [0, 0.05) is 21.7 Å². The molecule has 11 heteroatoms. The molecule has 1 aromatic heterocycles. The second-order valence-corrected chi connectivity index (χ2v) is 14.9. The van der Waals surface area contributed by atoms with Crippen LogP contribution in [0.2, 0.25) is 0 Å². The van der Waals surface area contributed by atoms with Gasteiger partial charge >= 0.3 is 4.87 Å². The van der Waals surface area contributed by atoms with E-state index < -0.39 is 11.8 Å². The zero-order valence-corrected chi connectivity index (χ0v) is 27.7. The van der Waals surface area contributed by atoms with Gasteiger partial charge in [0.05, 0.1) is 36.8 Å². The molecular weight excluding hydrogens is 635 g/mol. The molecule has 3 aromatic carbocycles. The van der Waals surface area contributed by atoms with Gasteiger partial charge < -0.3 is 14.8 Å². The topological polar surface area (TPSA) is 107 Å². The van der Waals surface area contributed by atoms with E-state index in [1.165, 1.54) is 16.2 Å². The van der Waals surface area contributed by atoms with Crippen molar-refractivity contribution in [2.24, 2.45) is 29.6 Å². The number of amides is 3. The second-order valence-electron chi connectivity index (χ2n) is 12.8. The predicted octanol–water partition coefficient (Wildman–Crippen LogP) is 5.55. The van der Waals surface area contributed by atoms with Gasteiger partial charge in [-0.25, -0.2) is 0 Å². The summed E-state index contributed by atoms with van der Waals surface area (Å²) in [6.45, 7) is 1.86. The Morgan fingerprint density at radius 2 is 1.60 bits per heavy atom. The summed E-state index contributed by atoms with van der Waals surface area (Å²) in [5.41, 5.74) is 3.31. The number of rotatable bonds is 7. The fourth-order valence-electron chi connectivity index (χ4n) is 8.49. The lowest BCUT2D eigenvalue weighted by atomic mass is 9.68. The van der Waals surface area contributed by atoms with Crippen LogP contribution in [0.3, 0.4) is 0 Å². The normalized spacial score (nSPS) is 27.0. The largest absolute Gasteiger partial charge is 0.493 e. The van der Waals surface area contributed by atoms with Gasteiger partial charge in [0.15, 0.2) is 11.5 Å². The number of thiazole rings is 1. The minimum Gasteiger partial charge on any atom is -0.493 e. The Kier molecular flexibility index (Phi) is 7.29. The lowest BCUT2D eigenvalue weighted by Gasteiger charge is -2.43. The molecule has 2 saturated carbocycles. The van der Waals surface area contributed by atoms with Crippen LogP contribution in [0, 0.1) is 36.5 Å². The van der Waals surface area contributed by atoms with Gasteiger partial charge in [0.1, 0.15) is 6.54 Å². The summed E-state index contributed by atoms with van der Waals surface area (Å²) in [4.78, 5) is 57.0. The lowest BCUT2D eigenvalue weighted by Crippen LogP contribution is -2.43. The van der Waals surface area contributed by atoms with Gasteiger partial charge in [-0.3, -0.25) is 28.6 Å². The maximum absolute atomic E-state index is 14.0. The molecule has 1 N–H and O–H groups in total. The van der Waals surface area contributed by atoms with Gasteiger partial charge in [0.2, 0.25) is 17.7 Å². The van der Waals surface area contributed by atoms with E-state index in [1.807, 2.05) is 79.7 Å². The summed E-state index contributed by atoms with van der Waals surface area (Å²) in [7, 11) is 3.19. The fourth-order valence-corrected chi connectivity index (χ4v) is 11.6. The number of hydrogen-bond donors (Lipinski definition) is 1. The molecule has 0 spiro atoms. The number of imide groups is 1. The van der Waals surface area contributed by atoms with Crippen LogP contribution in [0.5, 0.6) is 11.5 Å². The Morgan fingerprint density at radius 3 is 2.30 bits per heavy atom. The highest BCUT2D eigenvalue weighted by atomic mass is 32.2. The standard InChI is InChI=1S/C36H33N3O6S2/c1-18-9-12-20(13-10-18)37-26(40)17-38-35-32(47-36(38)43)27(19-11-14-24(44-2)25(15-19)45-3)28-22-16-23(31(28)46-35)30-29(22)33(41)39(34(30)42)21-7-5-4-6-8-21/h4-15,22-23,27-31H,16-17H2,1-3H3,(H,37,40). The number of aromatic nitrogens is 1. The zero-order chi connectivity index (χ0) is 32.6. The molecule has 47 heavy (non-hydrogen) atoms. The van der Waals surface area contributed by atoms with Crippen molar-refractivity contribution < 1.29 is 23.9 Å². The van der Waals surface area contributed by atoms with E-state index in [0.717, 1.165) is 27.5 Å². The summed E-state index contributed by atoms with van der Waals surface area (Å²) in [5.74, 6) is -0.462. The number of thioether (sulfide) groups is 1. The molecule has 7 atom stereocenters. The molecule has 2 aliphatic heterocycles. The fraction of sp³-hybridized carbons (Fsp3) is 0.333. The Labute approximate surface area is 279 Å². The first-order valence-corrected chi connectivity index (χ1v) is 17.4. The first-order chi connectivity index (χ1) is 22.8. The van der Waals surface area contributed by atoms with Gasteiger partial charge in [-0.05, 0) is 73.1 Å². The number of para-hydroxylation sites is 1. The molecule has 2 aliphatic carbocycles. The number of nitrogens with zero attached hydrogens (tertiary/aromatic N) is 2. The van der Waals surface area contributed by atoms with E-state index in [2.05, 4.69) is 5.32 Å². The molecule has 3 fully saturated rings. The molecule has 3 amide bonds. The molecule has 7 unspecified atom stereocenters. The summed E-state index contributed by atoms with van der Waals surface area (Å²) in [6.07, 6.45) is 0.772. The second kappa shape index (κ2) is 11.4. The van der Waals surface area contributed by atoms with E-state index in [-0.39, 0.29) is 58.1 Å². The summed E-state index contributed by atoms with van der Waals surface area (Å²) in [6, 6.07) is 22.5. The maximum atomic E-state index is 14.0. The monoisotopic (exact) mass is 667 g/mol. The third-order valence-corrected chi connectivity index (χ3v) is 13.2. The Balaban J connectivity index is 1.20. The molecule has 2 bridgehead atoms. The highest BCUT2D eigenvalue weighted by Crippen LogP contribution is 2.69. The number of ether oxygens (including phenoxy) is 2. The van der Waals surface area contributed by atoms with Crippen LogP contribution in [0.15, 0.2) is 82.6 Å². The van der Waals surface area contributed by atoms with E-state index in [1.54, 1.807) is 30.5 Å². The number of methoxy groups -OCH3 is 2. The van der Waals surface area contributed by atoms with Crippen LogP contribution < -0.4 is 24.6 Å². The molecule has 8 rings (SSSR count). The van der Waals surface area contributed by atoms with E-state index >= 15 is 0 Å². The van der Waals surface area contributed by atoms with Crippen molar-refractivity contribution in [2.45, 2.75) is 36.1 Å². The Morgan fingerprint density at radius 1 is 0.894 bits per heavy atom. The highest BCUT2D eigenvalue weighted by Gasteiger charge is 2.69. The summed E-state index contributed by atoms with van der Waals surface area (Å²) in [5, 5.41) is 3.68. The van der Waals surface area contributed by atoms with Crippen LogP contribution >= 0.6 is 23.1 Å². The van der Waals surface area contributed by atoms with Crippen molar-refractivity contribution in [3.63, 3.8) is 0 Å². The number of carbonyl (C=O) groups is 3. The van der Waals surface area contributed by atoms with Crippen LogP contribution in [0.1, 0.15) is 28.3 Å². The molecule has 1 saturated heterocycles. The Bertz CT molecular complexity index is 1970. The Hall–Kier alpha value is -4.35. The van der Waals surface area contributed by atoms with Crippen molar-refractivity contribution in [1.29, 1.82) is 0 Å². The van der Waals surface area contributed by atoms with E-state index in [0.29, 0.717) is 22.9 Å². The molecule has 9 nitrogen and oxygen atoms in total. The van der Waals surface area contributed by atoms with Crippen molar-refractivity contribution in [3.05, 3.63) is 98.5 Å². The van der Waals surface area contributed by atoms with Gasteiger partial charge in [-0.1, -0.05) is 53.3 Å². The predicted molar refractivity (Wildman–Crippen MR) is 180 cm³/mol. The quantitative estimate of drug-likeness (QED) is 0.258. The van der Waals surface area contributed by atoms with Crippen LogP contribution in [0.4, 0.5) is 11.4 Å². The number of anilines is 2. The lowest BCUT2D eigenvalue weighted by molar-refractivity contribution is -0.123. The SMILES string of the molecule is COc1ccc(C2c3sc(=O)n(CC(=O)Nc4ccc(C)cc4)c3SC3C4CC(C5C(=O)N(c6ccccc6)C(=O)C45)C23)cc1OC. The first-order valence-electron chi connectivity index (χ1n) is 15.7. The number of carbonyl (C=O) groups excluding carboxylic acids is 3. The highest BCUT2D eigenvalue weighted by molar-refractivity contribution is 8.00. The molecule has 4 aromatic rings. The molecule has 4 aliphatic rings. The number of hydrogen-bond acceptors (Lipinski definition) is 8. The zero-order valence-electron chi connectivity index (χ0n) is 26.0. The molecule has 3 heterocycles. The molecule has 240 valence electrons. The van der Waals surface area contributed by atoms with Crippen molar-refractivity contribution in [2.75, 3.05) is 24.4 Å². The van der Waals surface area contributed by atoms with Crippen LogP contribution in [-0.4, -0.2) is 41.8 Å². The molecular formula is C36H33N3O6S2. The third kappa shape index (κ3) is 4.65. The van der Waals surface area contributed by atoms with Gasteiger partial charge in [0.25, 0.3) is 0 Å². The molecule has 0 radical (unpaired) electrons. The van der Waals surface area contributed by atoms with E-state index in [4.69, 9.17) is 9.47 Å². The first kappa shape index (κ1) is 30.0. The van der Waals surface area contributed by atoms with Crippen LogP contribution in [0.25, 0.3) is 0 Å². The van der Waals surface area contributed by atoms with Crippen molar-refractivity contribution >= 4 is 52.2 Å². The summed E-state index contributed by atoms with van der Waals surface area (Å²) < 4.78 is 12.8. The smallest absolute Gasteiger partial charge is 0.308 e. The minimum atomic E-state index is -0.405. The minimum absolute atomic E-state index is 0.0113. The van der Waals surface area contributed by atoms with Gasteiger partial charge in [-0.2, -0.15) is 0 Å². The average Bonchev–Trinajstić information content (AvgIpc) is 3.80. The van der Waals surface area contributed by atoms with Crippen molar-refractivity contribution in [1.82, 2.24) is 4.57 Å². The van der Waals surface area contributed by atoms with Crippen molar-refractivity contribution in [3.8, 4) is 11.5 Å². The number of nitrogens with one attached hydrogen (secondary N) is 1. The number of benzene rings is 3. The van der Waals surface area contributed by atoms with Crippen LogP contribution in [-0.2, 0) is 20.9 Å². The third-order valence-electron chi connectivity index (χ3n) is 10.4.